The van der Waals surface area contributed by atoms with E-state index in [1.165, 1.54) is 11.3 Å². The SMILES string of the molecule is CCc1ccc(/C=C/c2ccc(N(C)C)cc2)cn1. The van der Waals surface area contributed by atoms with Gasteiger partial charge in [-0.1, -0.05) is 37.3 Å². The number of hydrogen-bond donors (Lipinski definition) is 0. The standard InChI is InChI=1S/C17H20N2/c1-4-16-10-7-15(13-18-16)6-5-14-8-11-17(12-9-14)19(2)3/h5-13H,4H2,1-3H3/b6-5+. The first-order valence-electron chi connectivity index (χ1n) is 6.59. The number of benzene rings is 1. The predicted molar refractivity (Wildman–Crippen MR) is 83.3 cm³/mol. The third-order valence-corrected chi connectivity index (χ3v) is 3.09. The fourth-order valence-corrected chi connectivity index (χ4v) is 1.82. The van der Waals surface area contributed by atoms with Crippen molar-refractivity contribution in [2.75, 3.05) is 19.0 Å². The molecule has 1 aromatic carbocycles. The Kier molecular flexibility index (Phi) is 4.35. The van der Waals surface area contributed by atoms with Crippen LogP contribution in [0, 0.1) is 0 Å². The van der Waals surface area contributed by atoms with Crippen molar-refractivity contribution in [1.82, 2.24) is 4.98 Å². The Labute approximate surface area is 115 Å². The highest BCUT2D eigenvalue weighted by molar-refractivity contribution is 5.70. The van der Waals surface area contributed by atoms with Gasteiger partial charge in [0, 0.05) is 31.7 Å². The number of pyridine rings is 1. The van der Waals surface area contributed by atoms with Gasteiger partial charge in [0.25, 0.3) is 0 Å². The van der Waals surface area contributed by atoms with Crippen molar-refractivity contribution in [3.8, 4) is 0 Å². The lowest BCUT2D eigenvalue weighted by Crippen LogP contribution is -2.07. The van der Waals surface area contributed by atoms with Crippen LogP contribution in [0.5, 0.6) is 0 Å². The van der Waals surface area contributed by atoms with Crippen molar-refractivity contribution in [3.63, 3.8) is 0 Å². The van der Waals surface area contributed by atoms with Crippen LogP contribution in [0.4, 0.5) is 5.69 Å². The second kappa shape index (κ2) is 6.19. The fraction of sp³-hybridized carbons (Fsp3) is 0.235. The van der Waals surface area contributed by atoms with Gasteiger partial charge in [-0.25, -0.2) is 0 Å². The van der Waals surface area contributed by atoms with E-state index < -0.39 is 0 Å². The molecule has 1 aromatic heterocycles. The first kappa shape index (κ1) is 13.3. The molecule has 0 spiro atoms. The minimum absolute atomic E-state index is 0.982. The molecular formula is C17H20N2. The molecule has 0 radical (unpaired) electrons. The van der Waals surface area contributed by atoms with Crippen LogP contribution in [0.1, 0.15) is 23.7 Å². The average molecular weight is 252 g/mol. The minimum atomic E-state index is 0.982. The van der Waals surface area contributed by atoms with Gasteiger partial charge in [0.05, 0.1) is 0 Å². The van der Waals surface area contributed by atoms with E-state index in [2.05, 4.69) is 65.4 Å². The van der Waals surface area contributed by atoms with Crippen LogP contribution >= 0.6 is 0 Å². The largest absolute Gasteiger partial charge is 0.378 e. The lowest BCUT2D eigenvalue weighted by molar-refractivity contribution is 1.03. The third-order valence-electron chi connectivity index (χ3n) is 3.09. The normalized spacial score (nSPS) is 10.9. The second-order valence-corrected chi connectivity index (χ2v) is 4.76. The molecule has 0 aliphatic heterocycles. The first-order chi connectivity index (χ1) is 9.19. The Hall–Kier alpha value is -2.09. The summed E-state index contributed by atoms with van der Waals surface area (Å²) in [6.07, 6.45) is 7.11. The molecule has 0 N–H and O–H groups in total. The van der Waals surface area contributed by atoms with E-state index in [9.17, 15) is 0 Å². The molecular weight excluding hydrogens is 232 g/mol. The monoisotopic (exact) mass is 252 g/mol. The summed E-state index contributed by atoms with van der Waals surface area (Å²) < 4.78 is 0. The van der Waals surface area contributed by atoms with Gasteiger partial charge in [-0.3, -0.25) is 4.98 Å². The summed E-state index contributed by atoms with van der Waals surface area (Å²) in [6.45, 7) is 2.12. The summed E-state index contributed by atoms with van der Waals surface area (Å²) in [4.78, 5) is 6.49. The van der Waals surface area contributed by atoms with Gasteiger partial charge in [-0.15, -0.1) is 0 Å². The molecule has 0 fully saturated rings. The smallest absolute Gasteiger partial charge is 0.0401 e. The zero-order valence-electron chi connectivity index (χ0n) is 11.8. The number of aryl methyl sites for hydroxylation is 1. The van der Waals surface area contributed by atoms with E-state index >= 15 is 0 Å². The van der Waals surface area contributed by atoms with Gasteiger partial charge in [0.1, 0.15) is 0 Å². The Morgan fingerprint density at radius 2 is 1.58 bits per heavy atom. The summed E-state index contributed by atoms with van der Waals surface area (Å²) in [5, 5.41) is 0. The van der Waals surface area contributed by atoms with Gasteiger partial charge in [-0.2, -0.15) is 0 Å². The quantitative estimate of drug-likeness (QED) is 0.821. The van der Waals surface area contributed by atoms with Crippen molar-refractivity contribution >= 4 is 17.8 Å². The minimum Gasteiger partial charge on any atom is -0.378 e. The van der Waals surface area contributed by atoms with E-state index in [0.717, 1.165) is 17.7 Å². The zero-order chi connectivity index (χ0) is 13.7. The van der Waals surface area contributed by atoms with Crippen molar-refractivity contribution in [1.29, 1.82) is 0 Å². The van der Waals surface area contributed by atoms with Crippen molar-refractivity contribution in [2.45, 2.75) is 13.3 Å². The molecule has 2 aromatic rings. The highest BCUT2D eigenvalue weighted by atomic mass is 15.1. The molecule has 0 unspecified atom stereocenters. The van der Waals surface area contributed by atoms with Gasteiger partial charge in [0.15, 0.2) is 0 Å². The number of aromatic nitrogens is 1. The van der Waals surface area contributed by atoms with Crippen molar-refractivity contribution in [2.24, 2.45) is 0 Å². The third kappa shape index (κ3) is 3.68. The van der Waals surface area contributed by atoms with Gasteiger partial charge in [-0.05, 0) is 35.7 Å². The maximum absolute atomic E-state index is 4.39. The van der Waals surface area contributed by atoms with Crippen molar-refractivity contribution in [3.05, 3.63) is 59.4 Å². The highest BCUT2D eigenvalue weighted by Crippen LogP contribution is 2.14. The van der Waals surface area contributed by atoms with Gasteiger partial charge < -0.3 is 4.90 Å². The summed E-state index contributed by atoms with van der Waals surface area (Å²) >= 11 is 0. The van der Waals surface area contributed by atoms with Crippen LogP contribution in [0.2, 0.25) is 0 Å². The fourth-order valence-electron chi connectivity index (χ4n) is 1.82. The lowest BCUT2D eigenvalue weighted by Gasteiger charge is -2.11. The Morgan fingerprint density at radius 1 is 0.947 bits per heavy atom. The molecule has 0 saturated carbocycles. The van der Waals surface area contributed by atoms with Crippen LogP contribution < -0.4 is 4.90 Å². The van der Waals surface area contributed by atoms with Gasteiger partial charge >= 0.3 is 0 Å². The van der Waals surface area contributed by atoms with Crippen molar-refractivity contribution < 1.29 is 0 Å². The number of rotatable bonds is 4. The van der Waals surface area contributed by atoms with Crippen LogP contribution in [0.25, 0.3) is 12.2 Å². The Morgan fingerprint density at radius 3 is 2.11 bits per heavy atom. The molecule has 0 atom stereocenters. The molecule has 2 nitrogen and oxygen atoms in total. The average Bonchev–Trinajstić information content (AvgIpc) is 2.46. The van der Waals surface area contributed by atoms with E-state index in [1.54, 1.807) is 0 Å². The molecule has 0 aliphatic carbocycles. The molecule has 2 heteroatoms. The van der Waals surface area contributed by atoms with Crippen LogP contribution in [0.3, 0.4) is 0 Å². The molecule has 98 valence electrons. The maximum Gasteiger partial charge on any atom is 0.0401 e. The maximum atomic E-state index is 4.39. The van der Waals surface area contributed by atoms with Crippen LogP contribution in [-0.4, -0.2) is 19.1 Å². The number of nitrogens with zero attached hydrogens (tertiary/aromatic N) is 2. The summed E-state index contributed by atoms with van der Waals surface area (Å²) in [6, 6.07) is 12.7. The molecule has 0 saturated heterocycles. The van der Waals surface area contributed by atoms with E-state index in [0.29, 0.717) is 0 Å². The predicted octanol–water partition coefficient (Wildman–Crippen LogP) is 3.88. The highest BCUT2D eigenvalue weighted by Gasteiger charge is 1.94. The zero-order valence-corrected chi connectivity index (χ0v) is 11.8. The summed E-state index contributed by atoms with van der Waals surface area (Å²) in [5.41, 5.74) is 4.68. The number of anilines is 1. The lowest BCUT2D eigenvalue weighted by atomic mass is 10.1. The molecule has 1 heterocycles. The van der Waals surface area contributed by atoms with Crippen LogP contribution in [-0.2, 0) is 6.42 Å². The molecule has 2 rings (SSSR count). The van der Waals surface area contributed by atoms with E-state index in [4.69, 9.17) is 0 Å². The van der Waals surface area contributed by atoms with Crippen LogP contribution in [0.15, 0.2) is 42.6 Å². The second-order valence-electron chi connectivity index (χ2n) is 4.76. The molecule has 0 bridgehead atoms. The summed E-state index contributed by atoms with van der Waals surface area (Å²) in [5.74, 6) is 0. The van der Waals surface area contributed by atoms with E-state index in [1.807, 2.05) is 20.3 Å². The molecule has 0 aliphatic rings. The number of hydrogen-bond acceptors (Lipinski definition) is 2. The first-order valence-corrected chi connectivity index (χ1v) is 6.59. The topological polar surface area (TPSA) is 16.1 Å². The Bertz CT molecular complexity index is 536. The van der Waals surface area contributed by atoms with E-state index in [-0.39, 0.29) is 0 Å². The Balaban J connectivity index is 2.08. The molecule has 0 amide bonds. The molecule has 19 heavy (non-hydrogen) atoms. The van der Waals surface area contributed by atoms with Gasteiger partial charge in [0.2, 0.25) is 0 Å². The summed E-state index contributed by atoms with van der Waals surface area (Å²) in [7, 11) is 4.09.